The van der Waals surface area contributed by atoms with Crippen LogP contribution in [-0.2, 0) is 4.74 Å². The number of rotatable bonds is 8. The second-order valence-corrected chi connectivity index (χ2v) is 12.2. The minimum atomic E-state index is 0.347. The summed E-state index contributed by atoms with van der Waals surface area (Å²) in [5, 5.41) is 18.2. The molecule has 184 valence electrons. The van der Waals surface area contributed by atoms with Gasteiger partial charge in [0.2, 0.25) is 0 Å². The Labute approximate surface area is 203 Å². The van der Waals surface area contributed by atoms with Gasteiger partial charge in [-0.15, -0.1) is 0 Å². The van der Waals surface area contributed by atoms with E-state index in [0.29, 0.717) is 11.8 Å². The molecule has 4 rings (SSSR count). The van der Waals surface area contributed by atoms with Crippen molar-refractivity contribution in [2.75, 3.05) is 13.2 Å². The lowest BCUT2D eigenvalue weighted by atomic mass is 9.69. The van der Waals surface area contributed by atoms with Crippen molar-refractivity contribution in [3.8, 4) is 12.1 Å². The molecule has 0 heterocycles. The zero-order chi connectivity index (χ0) is 22.9. The van der Waals surface area contributed by atoms with Crippen molar-refractivity contribution in [1.82, 2.24) is 0 Å². The van der Waals surface area contributed by atoms with Crippen LogP contribution in [-0.4, -0.2) is 13.2 Å². The van der Waals surface area contributed by atoms with E-state index < -0.39 is 0 Å². The Hall–Kier alpha value is -1.06. The molecule has 0 radical (unpaired) electrons. The van der Waals surface area contributed by atoms with E-state index >= 15 is 0 Å². The molecule has 4 aliphatic carbocycles. The highest BCUT2D eigenvalue weighted by Crippen LogP contribution is 2.43. The fourth-order valence-corrected chi connectivity index (χ4v) is 7.94. The van der Waals surface area contributed by atoms with Crippen LogP contribution in [0.15, 0.2) is 0 Å². The SMILES string of the molecule is N#C[C@H]1CC[C@H]([C@H]2CC[C@H](CCOCC[C@H]3CC[C@H]([C@H]4CC[C@H](C#N)CC4)CC3)CC2)CC1. The normalized spacial score (nSPS) is 39.9. The Morgan fingerprint density at radius 3 is 1.06 bits per heavy atom. The van der Waals surface area contributed by atoms with Gasteiger partial charge in [-0.3, -0.25) is 0 Å². The minimum absolute atomic E-state index is 0.347. The molecule has 4 aliphatic rings. The summed E-state index contributed by atoms with van der Waals surface area (Å²) in [4.78, 5) is 0. The molecule has 0 aromatic rings. The summed E-state index contributed by atoms with van der Waals surface area (Å²) >= 11 is 0. The zero-order valence-corrected chi connectivity index (χ0v) is 21.1. The smallest absolute Gasteiger partial charge is 0.0655 e. The standard InChI is InChI=1S/C30H48N2O/c31-21-25-5-13-29(14-6-25)27-9-1-23(2-10-27)17-19-33-20-18-24-3-11-28(12-4-24)30-15-7-26(22-32)8-16-30/h23-30H,1-20H2/t23-,24-,25-,26-,27-,28-,29-,30-. The van der Waals surface area contributed by atoms with Gasteiger partial charge in [-0.25, -0.2) is 0 Å². The molecule has 4 fully saturated rings. The maximum absolute atomic E-state index is 9.12. The van der Waals surface area contributed by atoms with Crippen LogP contribution in [0.2, 0.25) is 0 Å². The third kappa shape index (κ3) is 7.46. The number of nitriles is 2. The quantitative estimate of drug-likeness (QED) is 0.350. The molecular formula is C30H48N2O. The van der Waals surface area contributed by atoms with E-state index in [1.54, 1.807) is 0 Å². The van der Waals surface area contributed by atoms with Gasteiger partial charge in [0.1, 0.15) is 0 Å². The van der Waals surface area contributed by atoms with E-state index in [1.807, 2.05) is 0 Å². The van der Waals surface area contributed by atoms with Crippen LogP contribution in [0.3, 0.4) is 0 Å². The molecule has 0 aromatic carbocycles. The van der Waals surface area contributed by atoms with E-state index in [0.717, 1.165) is 74.4 Å². The van der Waals surface area contributed by atoms with Crippen LogP contribution >= 0.6 is 0 Å². The first-order valence-electron chi connectivity index (χ1n) is 14.6. The van der Waals surface area contributed by atoms with Crippen molar-refractivity contribution in [3.63, 3.8) is 0 Å². The Morgan fingerprint density at radius 2 is 0.758 bits per heavy atom. The van der Waals surface area contributed by atoms with Crippen molar-refractivity contribution in [1.29, 1.82) is 10.5 Å². The monoisotopic (exact) mass is 452 g/mol. The molecule has 4 saturated carbocycles. The summed E-state index contributed by atoms with van der Waals surface area (Å²) in [6, 6.07) is 4.97. The predicted molar refractivity (Wildman–Crippen MR) is 133 cm³/mol. The highest BCUT2D eigenvalue weighted by atomic mass is 16.5. The van der Waals surface area contributed by atoms with E-state index in [2.05, 4.69) is 12.1 Å². The van der Waals surface area contributed by atoms with Crippen LogP contribution in [0.5, 0.6) is 0 Å². The van der Waals surface area contributed by atoms with Gasteiger partial charge in [-0.05, 0) is 125 Å². The summed E-state index contributed by atoms with van der Waals surface area (Å²) in [6.07, 6.45) is 23.7. The van der Waals surface area contributed by atoms with E-state index in [-0.39, 0.29) is 0 Å². The average molecular weight is 453 g/mol. The van der Waals surface area contributed by atoms with Gasteiger partial charge in [-0.1, -0.05) is 25.7 Å². The van der Waals surface area contributed by atoms with E-state index in [4.69, 9.17) is 15.3 Å². The van der Waals surface area contributed by atoms with Crippen LogP contribution < -0.4 is 0 Å². The lowest BCUT2D eigenvalue weighted by molar-refractivity contribution is 0.0806. The Bertz CT molecular complexity index is 575. The van der Waals surface area contributed by atoms with Crippen molar-refractivity contribution in [2.45, 2.75) is 116 Å². The Balaban J connectivity index is 1.00. The summed E-state index contributed by atoms with van der Waals surface area (Å²) in [5.74, 6) is 6.19. The summed E-state index contributed by atoms with van der Waals surface area (Å²) in [6.45, 7) is 1.94. The molecule has 0 saturated heterocycles. The van der Waals surface area contributed by atoms with Gasteiger partial charge >= 0.3 is 0 Å². The van der Waals surface area contributed by atoms with Crippen molar-refractivity contribution >= 4 is 0 Å². The molecule has 3 heteroatoms. The third-order valence-electron chi connectivity index (χ3n) is 10.4. The van der Waals surface area contributed by atoms with Gasteiger partial charge in [0.05, 0.1) is 12.1 Å². The average Bonchev–Trinajstić information content (AvgIpc) is 2.89. The molecule has 0 atom stereocenters. The predicted octanol–water partition coefficient (Wildman–Crippen LogP) is 8.06. The van der Waals surface area contributed by atoms with Gasteiger partial charge in [0, 0.05) is 25.0 Å². The van der Waals surface area contributed by atoms with Crippen molar-refractivity contribution < 1.29 is 4.74 Å². The number of hydrogen-bond donors (Lipinski definition) is 0. The van der Waals surface area contributed by atoms with Gasteiger partial charge in [0.15, 0.2) is 0 Å². The fourth-order valence-electron chi connectivity index (χ4n) is 7.94. The third-order valence-corrected chi connectivity index (χ3v) is 10.4. The van der Waals surface area contributed by atoms with Gasteiger partial charge < -0.3 is 4.74 Å². The lowest BCUT2D eigenvalue weighted by Gasteiger charge is -2.37. The second-order valence-electron chi connectivity index (χ2n) is 12.2. The molecule has 0 aromatic heterocycles. The molecule has 0 bridgehead atoms. The molecular weight excluding hydrogens is 404 g/mol. The summed E-state index contributed by atoms with van der Waals surface area (Å²) < 4.78 is 6.11. The van der Waals surface area contributed by atoms with Crippen molar-refractivity contribution in [2.24, 2.45) is 47.3 Å². The second kappa shape index (κ2) is 13.1. The Morgan fingerprint density at radius 1 is 0.455 bits per heavy atom. The maximum Gasteiger partial charge on any atom is 0.0655 e. The van der Waals surface area contributed by atoms with Crippen LogP contribution in [0.4, 0.5) is 0 Å². The summed E-state index contributed by atoms with van der Waals surface area (Å²) in [5.41, 5.74) is 0. The van der Waals surface area contributed by atoms with Gasteiger partial charge in [0.25, 0.3) is 0 Å². The summed E-state index contributed by atoms with van der Waals surface area (Å²) in [7, 11) is 0. The molecule has 33 heavy (non-hydrogen) atoms. The topological polar surface area (TPSA) is 56.8 Å². The van der Waals surface area contributed by atoms with E-state index in [9.17, 15) is 0 Å². The molecule has 3 nitrogen and oxygen atoms in total. The largest absolute Gasteiger partial charge is 0.381 e. The van der Waals surface area contributed by atoms with Crippen molar-refractivity contribution in [3.05, 3.63) is 0 Å². The molecule has 0 spiro atoms. The fraction of sp³-hybridized carbons (Fsp3) is 0.933. The van der Waals surface area contributed by atoms with E-state index in [1.165, 1.54) is 89.9 Å². The molecule has 0 amide bonds. The number of nitrogens with zero attached hydrogens (tertiary/aromatic N) is 2. The molecule has 0 aliphatic heterocycles. The lowest BCUT2D eigenvalue weighted by Crippen LogP contribution is -2.26. The minimum Gasteiger partial charge on any atom is -0.381 e. The number of hydrogen-bond acceptors (Lipinski definition) is 3. The Kier molecular flexibility index (Phi) is 9.97. The first-order chi connectivity index (χ1) is 16.2. The van der Waals surface area contributed by atoms with Gasteiger partial charge in [-0.2, -0.15) is 10.5 Å². The highest BCUT2D eigenvalue weighted by molar-refractivity contribution is 4.90. The number of ether oxygens (including phenoxy) is 1. The zero-order valence-electron chi connectivity index (χ0n) is 21.1. The molecule has 0 unspecified atom stereocenters. The maximum atomic E-state index is 9.12. The van der Waals surface area contributed by atoms with Crippen LogP contribution in [0, 0.1) is 70.0 Å². The highest BCUT2D eigenvalue weighted by Gasteiger charge is 2.32. The van der Waals surface area contributed by atoms with Crippen LogP contribution in [0.1, 0.15) is 116 Å². The van der Waals surface area contributed by atoms with Crippen LogP contribution in [0.25, 0.3) is 0 Å². The molecule has 0 N–H and O–H groups in total. The first kappa shape index (κ1) is 25.0. The first-order valence-corrected chi connectivity index (χ1v) is 14.6.